The Morgan fingerprint density at radius 3 is 2.90 bits per heavy atom. The number of hydrogen-bond acceptors (Lipinski definition) is 4. The summed E-state index contributed by atoms with van der Waals surface area (Å²) in [5.41, 5.74) is 3.05. The van der Waals surface area contributed by atoms with Gasteiger partial charge in [-0.2, -0.15) is 0 Å². The Labute approximate surface area is 120 Å². The van der Waals surface area contributed by atoms with Crippen molar-refractivity contribution >= 4 is 23.0 Å². The van der Waals surface area contributed by atoms with Gasteiger partial charge >= 0.3 is 0 Å². The molecule has 21 heavy (non-hydrogen) atoms. The Balaban J connectivity index is 1.80. The summed E-state index contributed by atoms with van der Waals surface area (Å²) < 4.78 is 0. The molecule has 106 valence electrons. The molecule has 0 aliphatic carbocycles. The van der Waals surface area contributed by atoms with Gasteiger partial charge in [0.05, 0.1) is 4.92 Å². The molecule has 0 saturated carbocycles. The lowest BCUT2D eigenvalue weighted by molar-refractivity contribution is -0.384. The molecule has 2 aromatic carbocycles. The number of nitrogens with zero attached hydrogens (tertiary/aromatic N) is 1. The fraction of sp³-hybridized carbons (Fsp3) is 0.133. The Morgan fingerprint density at radius 2 is 2.10 bits per heavy atom. The number of hydrogen-bond donors (Lipinski definition) is 2. The highest BCUT2D eigenvalue weighted by Crippen LogP contribution is 2.24. The topological polar surface area (TPSA) is 84.3 Å². The van der Waals surface area contributed by atoms with Gasteiger partial charge < -0.3 is 10.6 Å². The first kappa shape index (κ1) is 13.1. The van der Waals surface area contributed by atoms with Crippen molar-refractivity contribution in [1.29, 1.82) is 0 Å². The van der Waals surface area contributed by atoms with E-state index in [0.717, 1.165) is 18.7 Å². The van der Waals surface area contributed by atoms with Crippen LogP contribution in [0.3, 0.4) is 0 Å². The van der Waals surface area contributed by atoms with E-state index in [0.29, 0.717) is 11.3 Å². The Kier molecular flexibility index (Phi) is 3.27. The first-order chi connectivity index (χ1) is 10.1. The van der Waals surface area contributed by atoms with E-state index in [4.69, 9.17) is 0 Å². The Morgan fingerprint density at radius 1 is 1.24 bits per heavy atom. The maximum absolute atomic E-state index is 12.2. The fourth-order valence-corrected chi connectivity index (χ4v) is 2.33. The van der Waals surface area contributed by atoms with Gasteiger partial charge in [0, 0.05) is 35.6 Å². The molecule has 1 amide bonds. The second-order valence-electron chi connectivity index (χ2n) is 4.81. The van der Waals surface area contributed by atoms with Gasteiger partial charge in [-0.05, 0) is 30.2 Å². The zero-order valence-electron chi connectivity index (χ0n) is 11.1. The van der Waals surface area contributed by atoms with Crippen LogP contribution in [-0.4, -0.2) is 17.4 Å². The number of fused-ring (bicyclic) bond motifs is 1. The van der Waals surface area contributed by atoms with E-state index in [-0.39, 0.29) is 11.6 Å². The highest BCUT2D eigenvalue weighted by atomic mass is 16.6. The van der Waals surface area contributed by atoms with Crippen molar-refractivity contribution in [1.82, 2.24) is 0 Å². The van der Waals surface area contributed by atoms with Crippen LogP contribution < -0.4 is 10.6 Å². The van der Waals surface area contributed by atoms with Crippen LogP contribution >= 0.6 is 0 Å². The molecule has 0 bridgehead atoms. The molecule has 6 heteroatoms. The summed E-state index contributed by atoms with van der Waals surface area (Å²) in [6, 6.07) is 11.4. The molecule has 6 nitrogen and oxygen atoms in total. The smallest absolute Gasteiger partial charge is 0.271 e. The summed E-state index contributed by atoms with van der Waals surface area (Å²) in [5.74, 6) is -0.285. The van der Waals surface area contributed by atoms with Crippen molar-refractivity contribution in [3.05, 3.63) is 63.7 Å². The van der Waals surface area contributed by atoms with E-state index >= 15 is 0 Å². The van der Waals surface area contributed by atoms with Crippen LogP contribution in [0.25, 0.3) is 0 Å². The van der Waals surface area contributed by atoms with E-state index in [9.17, 15) is 14.9 Å². The second kappa shape index (κ2) is 5.24. The van der Waals surface area contributed by atoms with Crippen LogP contribution in [0.2, 0.25) is 0 Å². The van der Waals surface area contributed by atoms with Gasteiger partial charge in [0.1, 0.15) is 0 Å². The van der Waals surface area contributed by atoms with E-state index in [1.165, 1.54) is 23.8 Å². The van der Waals surface area contributed by atoms with Crippen LogP contribution in [0.5, 0.6) is 0 Å². The zero-order valence-corrected chi connectivity index (χ0v) is 11.1. The number of anilines is 2. The molecule has 1 heterocycles. The molecule has 0 aromatic heterocycles. The third-order valence-corrected chi connectivity index (χ3v) is 3.40. The number of nitrogens with one attached hydrogen (secondary N) is 2. The molecular formula is C15H13N3O3. The van der Waals surface area contributed by atoms with Crippen molar-refractivity contribution in [3.63, 3.8) is 0 Å². The van der Waals surface area contributed by atoms with Crippen molar-refractivity contribution in [3.8, 4) is 0 Å². The summed E-state index contributed by atoms with van der Waals surface area (Å²) in [7, 11) is 0. The molecule has 1 aliphatic rings. The maximum atomic E-state index is 12.2. The first-order valence-corrected chi connectivity index (χ1v) is 6.56. The van der Waals surface area contributed by atoms with Gasteiger partial charge in [0.2, 0.25) is 0 Å². The predicted molar refractivity (Wildman–Crippen MR) is 79.7 cm³/mol. The van der Waals surface area contributed by atoms with Crippen LogP contribution in [0.15, 0.2) is 42.5 Å². The molecule has 1 aliphatic heterocycles. The maximum Gasteiger partial charge on any atom is 0.271 e. The van der Waals surface area contributed by atoms with Crippen molar-refractivity contribution < 1.29 is 9.72 Å². The number of carbonyl (C=O) groups excluding carboxylic acids is 1. The molecule has 0 spiro atoms. The lowest BCUT2D eigenvalue weighted by atomic mass is 10.1. The molecular weight excluding hydrogens is 270 g/mol. The number of benzene rings is 2. The number of rotatable bonds is 3. The van der Waals surface area contributed by atoms with E-state index < -0.39 is 4.92 Å². The number of non-ortho nitro benzene ring substituents is 1. The van der Waals surface area contributed by atoms with Crippen molar-refractivity contribution in [2.45, 2.75) is 6.42 Å². The first-order valence-electron chi connectivity index (χ1n) is 6.56. The van der Waals surface area contributed by atoms with Crippen LogP contribution in [0.4, 0.5) is 17.1 Å². The number of carbonyl (C=O) groups is 1. The van der Waals surface area contributed by atoms with Crippen molar-refractivity contribution in [2.24, 2.45) is 0 Å². The summed E-state index contributed by atoms with van der Waals surface area (Å²) in [6.45, 7) is 0.880. The van der Waals surface area contributed by atoms with Gasteiger partial charge in [0.15, 0.2) is 0 Å². The standard InChI is InChI=1S/C15H13N3O3/c19-15(11-5-4-10-6-7-16-14(10)8-11)17-12-2-1-3-13(9-12)18(20)21/h1-5,8-9,16H,6-7H2,(H,17,19). The van der Waals surface area contributed by atoms with Crippen LogP contribution in [0, 0.1) is 10.1 Å². The van der Waals surface area contributed by atoms with Crippen LogP contribution in [0.1, 0.15) is 15.9 Å². The van der Waals surface area contributed by atoms with E-state index in [1.807, 2.05) is 6.07 Å². The summed E-state index contributed by atoms with van der Waals surface area (Å²) >= 11 is 0. The molecule has 0 saturated heterocycles. The van der Waals surface area contributed by atoms with Crippen molar-refractivity contribution in [2.75, 3.05) is 17.2 Å². The van der Waals surface area contributed by atoms with Gasteiger partial charge in [-0.1, -0.05) is 12.1 Å². The minimum absolute atomic E-state index is 0.0524. The number of amides is 1. The summed E-state index contributed by atoms with van der Waals surface area (Å²) in [4.78, 5) is 22.4. The molecule has 2 aromatic rings. The van der Waals surface area contributed by atoms with Gasteiger partial charge in [0.25, 0.3) is 11.6 Å². The predicted octanol–water partition coefficient (Wildman–Crippen LogP) is 2.82. The monoisotopic (exact) mass is 283 g/mol. The molecule has 0 unspecified atom stereocenters. The molecule has 2 N–H and O–H groups in total. The number of nitro benzene ring substituents is 1. The third kappa shape index (κ3) is 2.69. The Bertz CT molecular complexity index is 728. The van der Waals surface area contributed by atoms with E-state index in [2.05, 4.69) is 10.6 Å². The minimum Gasteiger partial charge on any atom is -0.384 e. The summed E-state index contributed by atoms with van der Waals surface area (Å²) in [6.07, 6.45) is 0.960. The minimum atomic E-state index is -0.491. The van der Waals surface area contributed by atoms with Gasteiger partial charge in [-0.15, -0.1) is 0 Å². The highest BCUT2D eigenvalue weighted by Gasteiger charge is 2.14. The highest BCUT2D eigenvalue weighted by molar-refractivity contribution is 6.05. The molecule has 3 rings (SSSR count). The molecule has 0 atom stereocenters. The fourth-order valence-electron chi connectivity index (χ4n) is 2.33. The quantitative estimate of drug-likeness (QED) is 0.670. The normalized spacial score (nSPS) is 12.4. The molecule has 0 radical (unpaired) electrons. The Hall–Kier alpha value is -2.89. The molecule has 0 fully saturated rings. The third-order valence-electron chi connectivity index (χ3n) is 3.40. The van der Waals surface area contributed by atoms with Gasteiger partial charge in [-0.3, -0.25) is 14.9 Å². The van der Waals surface area contributed by atoms with E-state index in [1.54, 1.807) is 18.2 Å². The van der Waals surface area contributed by atoms with Crippen LogP contribution in [-0.2, 0) is 6.42 Å². The average molecular weight is 283 g/mol. The zero-order chi connectivity index (χ0) is 14.8. The average Bonchev–Trinajstić information content (AvgIpc) is 2.94. The lowest BCUT2D eigenvalue weighted by Gasteiger charge is -2.07. The number of nitro groups is 1. The summed E-state index contributed by atoms with van der Waals surface area (Å²) in [5, 5.41) is 16.6. The largest absolute Gasteiger partial charge is 0.384 e. The SMILES string of the molecule is O=C(Nc1cccc([N+](=O)[O-])c1)c1ccc2c(c1)NCC2. The van der Waals surface area contributed by atoms with Gasteiger partial charge in [-0.25, -0.2) is 0 Å². The second-order valence-corrected chi connectivity index (χ2v) is 4.81. The lowest BCUT2D eigenvalue weighted by Crippen LogP contribution is -2.12.